The number of hydrogen-bond acceptors (Lipinski definition) is 13. The average molecular weight is 1170 g/mol. The summed E-state index contributed by atoms with van der Waals surface area (Å²) in [7, 11) is -2.32. The van der Waals surface area contributed by atoms with E-state index in [1.807, 2.05) is 12.1 Å². The molecular formula is C61H77N9O13Si. The molecule has 0 saturated carbocycles. The number of Topliss-reactive ketones (excluding diaryl/α,β-unsaturated/α-hetero) is 1. The molecule has 23 heteroatoms. The van der Waals surface area contributed by atoms with Crippen molar-refractivity contribution in [2.75, 3.05) is 19.6 Å². The van der Waals surface area contributed by atoms with Crippen molar-refractivity contribution >= 4 is 74.3 Å². The number of rotatable bonds is 29. The summed E-state index contributed by atoms with van der Waals surface area (Å²) in [5, 5.41) is 19.8. The van der Waals surface area contributed by atoms with Crippen LogP contribution in [0.2, 0.25) is 16.6 Å². The van der Waals surface area contributed by atoms with Gasteiger partial charge < -0.3 is 56.6 Å². The van der Waals surface area contributed by atoms with Crippen LogP contribution in [-0.4, -0.2) is 127 Å². The fourth-order valence-corrected chi connectivity index (χ4v) is 15.4. The number of amides is 7. The average Bonchev–Trinajstić information content (AvgIpc) is 3.42. The molecule has 1 saturated heterocycles. The fourth-order valence-electron chi connectivity index (χ4n) is 10.2. The molecule has 0 radical (unpaired) electrons. The van der Waals surface area contributed by atoms with Gasteiger partial charge in [-0.1, -0.05) is 145 Å². The summed E-state index contributed by atoms with van der Waals surface area (Å²) in [6, 6.07) is 27.6. The lowest BCUT2D eigenvalue weighted by Crippen LogP contribution is -2.58. The van der Waals surface area contributed by atoms with Gasteiger partial charge in [0, 0.05) is 37.8 Å². The minimum atomic E-state index is -2.32. The third-order valence-corrected chi connectivity index (χ3v) is 20.3. The van der Waals surface area contributed by atoms with Gasteiger partial charge in [0.1, 0.15) is 37.1 Å². The quantitative estimate of drug-likeness (QED) is 0.00601. The highest BCUT2D eigenvalue weighted by Gasteiger charge is 2.47. The van der Waals surface area contributed by atoms with E-state index < -0.39 is 92.6 Å². The molecule has 5 rings (SSSR count). The molecule has 4 atom stereocenters. The number of aliphatic imine (C=N–C) groups is 1. The second kappa shape index (κ2) is 32.6. The highest BCUT2D eigenvalue weighted by atomic mass is 28.4. The van der Waals surface area contributed by atoms with E-state index in [0.717, 1.165) is 11.0 Å². The number of allylic oxidation sites excluding steroid dienone is 1. The van der Waals surface area contributed by atoms with Crippen LogP contribution in [0.4, 0.5) is 9.59 Å². The maximum atomic E-state index is 14.6. The van der Waals surface area contributed by atoms with Crippen molar-refractivity contribution in [1.82, 2.24) is 31.1 Å². The normalized spacial score (nSPS) is 14.7. The Morgan fingerprint density at radius 1 is 0.750 bits per heavy atom. The van der Waals surface area contributed by atoms with Crippen molar-refractivity contribution in [3.8, 4) is 5.75 Å². The Morgan fingerprint density at radius 2 is 1.32 bits per heavy atom. The number of carboxylic acid groups (broad SMARTS) is 1. The molecule has 84 heavy (non-hydrogen) atoms. The van der Waals surface area contributed by atoms with E-state index in [1.165, 1.54) is 17.1 Å². The SMILES string of the molecule is CC(C)[Si](Oc1ccc(/C=C(/C=C/C(=O)O)NC(=O)[C@@H](Cc2ccccc2)NC(=O)C(=O)[C@H](CCCN(C(=O)OCc2ccccc2)/C(N)=N/C(=O)OCc2ccccc2)NC(=O)[C@@H]2CCCN2C(=O)[C@H](CN)NC=O)cc1)(C(C)C)C(C)C. The van der Waals surface area contributed by atoms with E-state index in [0.29, 0.717) is 57.5 Å². The van der Waals surface area contributed by atoms with Gasteiger partial charge in [0.15, 0.2) is 0 Å². The van der Waals surface area contributed by atoms with Crippen molar-refractivity contribution < 1.29 is 62.2 Å². The Kier molecular flexibility index (Phi) is 25.6. The van der Waals surface area contributed by atoms with Gasteiger partial charge in [-0.15, -0.1) is 4.99 Å². The minimum Gasteiger partial charge on any atom is -0.543 e. The molecule has 1 aliphatic heterocycles. The lowest BCUT2D eigenvalue weighted by molar-refractivity contribution is -0.143. The molecule has 1 heterocycles. The van der Waals surface area contributed by atoms with Gasteiger partial charge in [-0.2, -0.15) is 0 Å². The Labute approximate surface area is 490 Å². The number of ketones is 1. The maximum absolute atomic E-state index is 14.6. The summed E-state index contributed by atoms with van der Waals surface area (Å²) in [4.78, 5) is 127. The van der Waals surface area contributed by atoms with Crippen molar-refractivity contribution in [3.05, 3.63) is 155 Å². The highest BCUT2D eigenvalue weighted by molar-refractivity contribution is 6.78. The molecule has 448 valence electrons. The summed E-state index contributed by atoms with van der Waals surface area (Å²) < 4.78 is 17.6. The van der Waals surface area contributed by atoms with Gasteiger partial charge in [0.05, 0.1) is 6.04 Å². The number of ether oxygens (including phenoxy) is 2. The molecule has 7 amide bonds. The lowest BCUT2D eigenvalue weighted by Gasteiger charge is -2.42. The molecule has 1 fully saturated rings. The molecule has 22 nitrogen and oxygen atoms in total. The summed E-state index contributed by atoms with van der Waals surface area (Å²) in [6.45, 7) is 12.1. The van der Waals surface area contributed by atoms with Gasteiger partial charge in [-0.05, 0) is 88.8 Å². The van der Waals surface area contributed by atoms with E-state index >= 15 is 0 Å². The number of carbonyl (C=O) groups is 9. The Bertz CT molecular complexity index is 2960. The summed E-state index contributed by atoms with van der Waals surface area (Å²) in [6.07, 6.45) is 1.39. The predicted octanol–water partition coefficient (Wildman–Crippen LogP) is 6.26. The van der Waals surface area contributed by atoms with Crippen LogP contribution in [0.5, 0.6) is 5.75 Å². The standard InChI is InChI=1S/C61H77N9O13Si/c1-40(2)84(41(3)4,42(5)6)83-48-29-26-44(27-30-48)34-47(28-31-53(72)73)65-55(75)50(35-43-18-10-7-11-19-43)67-57(77)54(74)49(66-56(76)52-25-17-32-69(52)58(78)51(36-62)64-39-71)24-16-33-70(61(80)82-38-46-22-14-9-15-23-46)59(63)68-60(79)81-37-45-20-12-8-13-21-45/h7-15,18-23,26-31,34,39-42,49-52H,16-17,24-25,32-33,35-38,62H2,1-6H3,(H,64,71)(H,65,75)(H,66,76)(H,67,77)(H,72,73)(H2,63,68,79)/b31-28+,47-34-/t49-,50+,51-,52-/m0/s1. The van der Waals surface area contributed by atoms with Crippen LogP contribution >= 0.6 is 0 Å². The first-order valence-electron chi connectivity index (χ1n) is 27.8. The van der Waals surface area contributed by atoms with Gasteiger partial charge in [0.2, 0.25) is 35.9 Å². The van der Waals surface area contributed by atoms with Crippen molar-refractivity contribution in [1.29, 1.82) is 0 Å². The van der Waals surface area contributed by atoms with Crippen LogP contribution in [0.25, 0.3) is 6.08 Å². The second-order valence-electron chi connectivity index (χ2n) is 21.0. The molecule has 1 aliphatic rings. The van der Waals surface area contributed by atoms with Crippen LogP contribution in [-0.2, 0) is 62.7 Å². The number of guanidine groups is 1. The molecule has 4 aromatic carbocycles. The van der Waals surface area contributed by atoms with E-state index in [4.69, 9.17) is 25.4 Å². The summed E-state index contributed by atoms with van der Waals surface area (Å²) >= 11 is 0. The number of carboxylic acids is 1. The first kappa shape index (κ1) is 65.8. The van der Waals surface area contributed by atoms with Gasteiger partial charge in [0.25, 0.3) is 14.2 Å². The number of nitrogens with one attached hydrogen (secondary N) is 4. The molecule has 0 unspecified atom stereocenters. The van der Waals surface area contributed by atoms with Crippen LogP contribution in [0.15, 0.2) is 138 Å². The number of carbonyl (C=O) groups excluding carboxylic acids is 8. The number of hydrogen-bond donors (Lipinski definition) is 7. The number of nitrogens with zero attached hydrogens (tertiary/aromatic N) is 3. The smallest absolute Gasteiger partial charge is 0.437 e. The van der Waals surface area contributed by atoms with E-state index in [-0.39, 0.29) is 57.7 Å². The highest BCUT2D eigenvalue weighted by Crippen LogP contribution is 2.42. The Hall–Kier alpha value is -8.96. The molecule has 0 aromatic heterocycles. The van der Waals surface area contributed by atoms with Crippen LogP contribution in [0, 0.1) is 0 Å². The van der Waals surface area contributed by atoms with E-state index in [2.05, 4.69) is 67.8 Å². The van der Waals surface area contributed by atoms with Gasteiger partial charge >= 0.3 is 18.2 Å². The maximum Gasteiger partial charge on any atom is 0.437 e. The molecule has 0 aliphatic carbocycles. The number of aliphatic carboxylic acids is 1. The lowest BCUT2D eigenvalue weighted by atomic mass is 10.0. The monoisotopic (exact) mass is 1170 g/mol. The zero-order valence-electron chi connectivity index (χ0n) is 48.2. The zero-order valence-corrected chi connectivity index (χ0v) is 49.2. The Balaban J connectivity index is 1.45. The van der Waals surface area contributed by atoms with Crippen LogP contribution in [0.1, 0.15) is 89.5 Å². The first-order chi connectivity index (χ1) is 40.2. The van der Waals surface area contributed by atoms with Crippen molar-refractivity contribution in [2.45, 2.75) is 128 Å². The topological polar surface area (TPSA) is 321 Å². The summed E-state index contributed by atoms with van der Waals surface area (Å²) in [5.41, 5.74) is 15.4. The van der Waals surface area contributed by atoms with Crippen LogP contribution in [0.3, 0.4) is 0 Å². The predicted molar refractivity (Wildman–Crippen MR) is 318 cm³/mol. The first-order valence-corrected chi connectivity index (χ1v) is 30.0. The molecular weight excluding hydrogens is 1090 g/mol. The second-order valence-corrected chi connectivity index (χ2v) is 26.4. The van der Waals surface area contributed by atoms with Gasteiger partial charge in [-0.3, -0.25) is 28.8 Å². The van der Waals surface area contributed by atoms with E-state index in [1.54, 1.807) is 103 Å². The molecule has 4 aromatic rings. The third kappa shape index (κ3) is 19.3. The van der Waals surface area contributed by atoms with E-state index in [9.17, 15) is 48.3 Å². The number of nitrogens with two attached hydrogens (primary N) is 2. The largest absolute Gasteiger partial charge is 0.543 e. The number of benzene rings is 4. The fraction of sp³-hybridized carbons (Fsp3) is 0.377. The third-order valence-electron chi connectivity index (χ3n) is 14.3. The molecule has 0 spiro atoms. The van der Waals surface area contributed by atoms with Crippen LogP contribution < -0.4 is 37.2 Å². The minimum absolute atomic E-state index is 0.0186. The number of likely N-dealkylation sites (tertiary alicyclic amines) is 1. The van der Waals surface area contributed by atoms with Gasteiger partial charge in [-0.25, -0.2) is 19.3 Å². The molecule has 9 N–H and O–H groups in total. The van der Waals surface area contributed by atoms with Crippen molar-refractivity contribution in [3.63, 3.8) is 0 Å². The molecule has 0 bridgehead atoms. The summed E-state index contributed by atoms with van der Waals surface area (Å²) in [5.74, 6) is -6.17. The van der Waals surface area contributed by atoms with Crippen molar-refractivity contribution in [2.24, 2.45) is 16.5 Å². The zero-order chi connectivity index (χ0) is 61.3. The Morgan fingerprint density at radius 3 is 1.87 bits per heavy atom.